The maximum Gasteiger partial charge on any atom is 0.167 e. The van der Waals surface area contributed by atoms with Crippen LogP contribution in [0.5, 0.6) is 0 Å². The summed E-state index contributed by atoms with van der Waals surface area (Å²) in [5.74, 6) is 0.460. The second-order valence-corrected chi connectivity index (χ2v) is 4.39. The number of pyridine rings is 1. The number of rotatable bonds is 4. The Hall–Kier alpha value is -0.540. The lowest BCUT2D eigenvalue weighted by atomic mass is 10.4. The van der Waals surface area contributed by atoms with Crippen molar-refractivity contribution in [3.05, 3.63) is 23.1 Å². The van der Waals surface area contributed by atoms with Gasteiger partial charge in [0.15, 0.2) is 11.6 Å². The smallest absolute Gasteiger partial charge is 0.167 e. The highest BCUT2D eigenvalue weighted by atomic mass is 35.5. The number of nitrogens with zero attached hydrogens (tertiary/aromatic N) is 2. The van der Waals surface area contributed by atoms with Gasteiger partial charge in [-0.15, -0.1) is 11.6 Å². The van der Waals surface area contributed by atoms with Gasteiger partial charge in [0.1, 0.15) is 0 Å². The van der Waals surface area contributed by atoms with Crippen LogP contribution >= 0.6 is 23.2 Å². The Morgan fingerprint density at radius 1 is 1.53 bits per heavy atom. The molecule has 0 atom stereocenters. The van der Waals surface area contributed by atoms with Crippen molar-refractivity contribution in [2.45, 2.75) is 18.9 Å². The summed E-state index contributed by atoms with van der Waals surface area (Å²) >= 11 is 11.3. The van der Waals surface area contributed by atoms with Crippen molar-refractivity contribution in [3.8, 4) is 0 Å². The van der Waals surface area contributed by atoms with Gasteiger partial charge >= 0.3 is 0 Å². The van der Waals surface area contributed by atoms with Crippen LogP contribution in [0.1, 0.15) is 12.8 Å². The highest BCUT2D eigenvalue weighted by Crippen LogP contribution is 2.32. The van der Waals surface area contributed by atoms with E-state index in [4.69, 9.17) is 23.2 Å². The number of halogens is 3. The van der Waals surface area contributed by atoms with Crippen molar-refractivity contribution in [1.29, 1.82) is 0 Å². The molecule has 15 heavy (non-hydrogen) atoms. The molecule has 0 spiro atoms. The second-order valence-electron chi connectivity index (χ2n) is 3.57. The molecule has 1 heterocycles. The summed E-state index contributed by atoms with van der Waals surface area (Å²) < 4.78 is 13.6. The zero-order valence-corrected chi connectivity index (χ0v) is 9.60. The van der Waals surface area contributed by atoms with Crippen LogP contribution in [0.2, 0.25) is 5.02 Å². The van der Waals surface area contributed by atoms with Crippen LogP contribution in [-0.4, -0.2) is 23.5 Å². The quantitative estimate of drug-likeness (QED) is 0.762. The summed E-state index contributed by atoms with van der Waals surface area (Å²) in [6.45, 7) is 0.623. The molecule has 1 aliphatic carbocycles. The average molecular weight is 249 g/mol. The van der Waals surface area contributed by atoms with E-state index in [1.54, 1.807) is 0 Å². The van der Waals surface area contributed by atoms with Crippen molar-refractivity contribution in [3.63, 3.8) is 0 Å². The maximum absolute atomic E-state index is 13.6. The Morgan fingerprint density at radius 2 is 2.27 bits per heavy atom. The van der Waals surface area contributed by atoms with E-state index >= 15 is 0 Å². The number of anilines is 1. The van der Waals surface area contributed by atoms with E-state index in [1.807, 2.05) is 4.90 Å². The molecule has 0 saturated heterocycles. The molecule has 0 unspecified atom stereocenters. The largest absolute Gasteiger partial charge is 0.350 e. The third kappa shape index (κ3) is 2.52. The highest BCUT2D eigenvalue weighted by Gasteiger charge is 2.31. The van der Waals surface area contributed by atoms with E-state index in [-0.39, 0.29) is 5.82 Å². The summed E-state index contributed by atoms with van der Waals surface area (Å²) in [6.07, 6.45) is 3.63. The van der Waals surface area contributed by atoms with Crippen molar-refractivity contribution in [1.82, 2.24) is 4.98 Å². The maximum atomic E-state index is 13.6. The molecule has 0 N–H and O–H groups in total. The van der Waals surface area contributed by atoms with Gasteiger partial charge in [-0.3, -0.25) is 0 Å². The number of aromatic nitrogens is 1. The predicted molar refractivity (Wildman–Crippen MR) is 60.3 cm³/mol. The highest BCUT2D eigenvalue weighted by molar-refractivity contribution is 6.30. The van der Waals surface area contributed by atoms with Gasteiger partial charge in [0.2, 0.25) is 0 Å². The van der Waals surface area contributed by atoms with Gasteiger partial charge in [-0.05, 0) is 18.9 Å². The molecule has 5 heteroatoms. The first kappa shape index (κ1) is 11.0. The fourth-order valence-corrected chi connectivity index (χ4v) is 1.88. The Kier molecular flexibility index (Phi) is 3.32. The zero-order chi connectivity index (χ0) is 10.8. The van der Waals surface area contributed by atoms with Gasteiger partial charge in [-0.2, -0.15) is 0 Å². The van der Waals surface area contributed by atoms with Crippen molar-refractivity contribution in [2.24, 2.45) is 0 Å². The summed E-state index contributed by atoms with van der Waals surface area (Å²) in [5, 5.41) is 0.317. The standard InChI is InChI=1S/C10H11Cl2FN2/c11-3-4-15(8-1-2-8)10-9(13)5-7(12)6-14-10/h5-6,8H,1-4H2. The van der Waals surface area contributed by atoms with Crippen LogP contribution in [-0.2, 0) is 0 Å². The summed E-state index contributed by atoms with van der Waals surface area (Å²) in [6, 6.07) is 1.68. The molecule has 1 fully saturated rings. The third-order valence-electron chi connectivity index (χ3n) is 2.37. The van der Waals surface area contributed by atoms with Crippen LogP contribution < -0.4 is 4.90 Å². The van der Waals surface area contributed by atoms with Gasteiger partial charge in [-0.1, -0.05) is 11.6 Å². The molecule has 0 radical (unpaired) electrons. The molecule has 2 rings (SSSR count). The lowest BCUT2D eigenvalue weighted by Crippen LogP contribution is -2.29. The second kappa shape index (κ2) is 4.54. The van der Waals surface area contributed by atoms with Crippen LogP contribution in [0, 0.1) is 5.82 Å². The number of hydrogen-bond donors (Lipinski definition) is 0. The number of hydrogen-bond acceptors (Lipinski definition) is 2. The summed E-state index contributed by atoms with van der Waals surface area (Å²) in [4.78, 5) is 5.93. The minimum Gasteiger partial charge on any atom is -0.350 e. The van der Waals surface area contributed by atoms with E-state index in [0.29, 0.717) is 29.3 Å². The Labute approximate surface area is 98.0 Å². The van der Waals surface area contributed by atoms with E-state index < -0.39 is 0 Å². The molecular weight excluding hydrogens is 238 g/mol. The first-order chi connectivity index (χ1) is 7.22. The predicted octanol–water partition coefficient (Wildman–Crippen LogP) is 3.08. The number of alkyl halides is 1. The lowest BCUT2D eigenvalue weighted by Gasteiger charge is -2.22. The molecule has 0 amide bonds. The molecule has 1 saturated carbocycles. The van der Waals surface area contributed by atoms with Gasteiger partial charge in [0, 0.05) is 24.7 Å². The van der Waals surface area contributed by atoms with E-state index in [0.717, 1.165) is 12.8 Å². The van der Waals surface area contributed by atoms with E-state index in [9.17, 15) is 4.39 Å². The van der Waals surface area contributed by atoms with Gasteiger partial charge in [-0.25, -0.2) is 9.37 Å². The monoisotopic (exact) mass is 248 g/mol. The van der Waals surface area contributed by atoms with Crippen molar-refractivity contribution >= 4 is 29.0 Å². The fourth-order valence-electron chi connectivity index (χ4n) is 1.56. The molecule has 1 aliphatic rings. The minimum absolute atomic E-state index is 0.317. The van der Waals surface area contributed by atoms with Crippen LogP contribution in [0.25, 0.3) is 0 Å². The first-order valence-electron chi connectivity index (χ1n) is 4.86. The van der Waals surface area contributed by atoms with Gasteiger partial charge in [0.25, 0.3) is 0 Å². The SMILES string of the molecule is Fc1cc(Cl)cnc1N(CCCl)C1CC1. The van der Waals surface area contributed by atoms with Crippen molar-refractivity contribution in [2.75, 3.05) is 17.3 Å². The summed E-state index contributed by atoms with van der Waals surface area (Å²) in [7, 11) is 0. The fraction of sp³-hybridized carbons (Fsp3) is 0.500. The van der Waals surface area contributed by atoms with Crippen LogP contribution in [0.3, 0.4) is 0 Å². The molecule has 0 aromatic carbocycles. The first-order valence-corrected chi connectivity index (χ1v) is 5.77. The lowest BCUT2D eigenvalue weighted by molar-refractivity contribution is 0.609. The van der Waals surface area contributed by atoms with Crippen LogP contribution in [0.4, 0.5) is 10.2 Å². The Balaban J connectivity index is 2.24. The molecule has 0 aliphatic heterocycles. The van der Waals surface area contributed by atoms with Crippen molar-refractivity contribution < 1.29 is 4.39 Å². The normalized spacial score (nSPS) is 15.4. The Bertz CT molecular complexity index is 355. The molecule has 82 valence electrons. The van der Waals surface area contributed by atoms with E-state index in [2.05, 4.69) is 4.98 Å². The van der Waals surface area contributed by atoms with Gasteiger partial charge < -0.3 is 4.90 Å². The van der Waals surface area contributed by atoms with E-state index in [1.165, 1.54) is 12.3 Å². The molecule has 1 aromatic rings. The molecule has 2 nitrogen and oxygen atoms in total. The summed E-state index contributed by atoms with van der Waals surface area (Å²) in [5.41, 5.74) is 0. The average Bonchev–Trinajstić information content (AvgIpc) is 2.98. The topological polar surface area (TPSA) is 16.1 Å². The minimum atomic E-state index is -0.375. The molecule has 1 aromatic heterocycles. The Morgan fingerprint density at radius 3 is 2.80 bits per heavy atom. The van der Waals surface area contributed by atoms with Gasteiger partial charge in [0.05, 0.1) is 5.02 Å². The molecular formula is C10H11Cl2FN2. The third-order valence-corrected chi connectivity index (χ3v) is 2.75. The van der Waals surface area contributed by atoms with Crippen LogP contribution in [0.15, 0.2) is 12.3 Å². The zero-order valence-electron chi connectivity index (χ0n) is 8.09. The molecule has 0 bridgehead atoms.